The quantitative estimate of drug-likeness (QED) is 0.839. The highest BCUT2D eigenvalue weighted by Gasteiger charge is 2.32. The van der Waals surface area contributed by atoms with E-state index in [1.54, 1.807) is 0 Å². The van der Waals surface area contributed by atoms with Gasteiger partial charge in [-0.2, -0.15) is 0 Å². The lowest BCUT2D eigenvalue weighted by atomic mass is 10.0. The number of nitrogens with zero attached hydrogens (tertiary/aromatic N) is 1. The first-order valence-corrected chi connectivity index (χ1v) is 7.75. The van der Waals surface area contributed by atoms with E-state index in [0.717, 1.165) is 29.8 Å². The maximum absolute atomic E-state index is 12.5. The SMILES string of the molecule is CCC(CN)CC(=O)N(Cc1ccc(Cl)cc1)C1CC1. The minimum absolute atomic E-state index is 0.236. The molecule has 4 heteroatoms. The molecule has 2 N–H and O–H groups in total. The average Bonchev–Trinajstić information content (AvgIpc) is 3.28. The third-order valence-corrected chi connectivity index (χ3v) is 4.20. The van der Waals surface area contributed by atoms with Crippen molar-refractivity contribution in [3.05, 3.63) is 34.9 Å². The predicted molar refractivity (Wildman–Crippen MR) is 82.5 cm³/mol. The summed E-state index contributed by atoms with van der Waals surface area (Å²) in [5, 5.41) is 0.729. The van der Waals surface area contributed by atoms with Gasteiger partial charge in [-0.25, -0.2) is 0 Å². The highest BCUT2D eigenvalue weighted by Crippen LogP contribution is 2.30. The van der Waals surface area contributed by atoms with Crippen LogP contribution < -0.4 is 5.73 Å². The van der Waals surface area contributed by atoms with Crippen molar-refractivity contribution in [3.8, 4) is 0 Å². The lowest BCUT2D eigenvalue weighted by Gasteiger charge is -2.24. The van der Waals surface area contributed by atoms with E-state index in [2.05, 4.69) is 6.92 Å². The number of nitrogens with two attached hydrogens (primary N) is 1. The molecule has 20 heavy (non-hydrogen) atoms. The number of hydrogen-bond donors (Lipinski definition) is 1. The van der Waals surface area contributed by atoms with Crippen molar-refractivity contribution in [2.75, 3.05) is 6.54 Å². The summed E-state index contributed by atoms with van der Waals surface area (Å²) in [4.78, 5) is 14.5. The van der Waals surface area contributed by atoms with Crippen LogP contribution in [0.5, 0.6) is 0 Å². The molecule has 0 heterocycles. The first-order valence-electron chi connectivity index (χ1n) is 7.38. The first-order chi connectivity index (χ1) is 9.63. The largest absolute Gasteiger partial charge is 0.335 e. The molecule has 1 fully saturated rings. The van der Waals surface area contributed by atoms with Gasteiger partial charge in [0, 0.05) is 24.0 Å². The fourth-order valence-electron chi connectivity index (χ4n) is 2.35. The number of carbonyl (C=O) groups excluding carboxylic acids is 1. The van der Waals surface area contributed by atoms with Crippen LogP contribution >= 0.6 is 11.6 Å². The Kier molecular flexibility index (Phi) is 5.44. The Labute approximate surface area is 126 Å². The zero-order chi connectivity index (χ0) is 14.5. The zero-order valence-electron chi connectivity index (χ0n) is 12.0. The molecule has 0 bridgehead atoms. The van der Waals surface area contributed by atoms with Crippen molar-refractivity contribution in [2.24, 2.45) is 11.7 Å². The highest BCUT2D eigenvalue weighted by molar-refractivity contribution is 6.30. The molecule has 1 atom stereocenters. The Bertz CT molecular complexity index is 438. The Morgan fingerprint density at radius 2 is 2.05 bits per heavy atom. The fraction of sp³-hybridized carbons (Fsp3) is 0.562. The summed E-state index contributed by atoms with van der Waals surface area (Å²) in [6, 6.07) is 8.16. The van der Waals surface area contributed by atoms with Crippen LogP contribution in [0.1, 0.15) is 38.2 Å². The third-order valence-electron chi connectivity index (χ3n) is 3.95. The standard InChI is InChI=1S/C16H23ClN2O/c1-2-12(10-18)9-16(20)19(15-7-8-15)11-13-3-5-14(17)6-4-13/h3-6,12,15H,2,7-11,18H2,1H3. The van der Waals surface area contributed by atoms with Gasteiger partial charge in [0.05, 0.1) is 0 Å². The van der Waals surface area contributed by atoms with Crippen LogP contribution in [0.15, 0.2) is 24.3 Å². The van der Waals surface area contributed by atoms with Gasteiger partial charge in [0.25, 0.3) is 0 Å². The van der Waals surface area contributed by atoms with Crippen molar-refractivity contribution >= 4 is 17.5 Å². The second-order valence-electron chi connectivity index (χ2n) is 5.59. The van der Waals surface area contributed by atoms with Gasteiger partial charge in [0.15, 0.2) is 0 Å². The van der Waals surface area contributed by atoms with Crippen LogP contribution in [-0.2, 0) is 11.3 Å². The van der Waals surface area contributed by atoms with Gasteiger partial charge in [-0.15, -0.1) is 0 Å². The molecule has 1 aliphatic rings. The van der Waals surface area contributed by atoms with Crippen LogP contribution in [0, 0.1) is 5.92 Å². The summed E-state index contributed by atoms with van der Waals surface area (Å²) in [7, 11) is 0. The molecule has 2 rings (SSSR count). The molecule has 1 saturated carbocycles. The van der Waals surface area contributed by atoms with E-state index >= 15 is 0 Å². The van der Waals surface area contributed by atoms with Crippen LogP contribution in [0.3, 0.4) is 0 Å². The minimum atomic E-state index is 0.236. The van der Waals surface area contributed by atoms with E-state index in [1.165, 1.54) is 0 Å². The zero-order valence-corrected chi connectivity index (χ0v) is 12.8. The molecule has 1 aromatic carbocycles. The lowest BCUT2D eigenvalue weighted by Crippen LogP contribution is -2.34. The molecule has 0 radical (unpaired) electrons. The molecule has 1 aliphatic carbocycles. The molecule has 0 aliphatic heterocycles. The molecule has 110 valence electrons. The van der Waals surface area contributed by atoms with E-state index in [0.29, 0.717) is 31.5 Å². The number of halogens is 1. The van der Waals surface area contributed by atoms with E-state index in [9.17, 15) is 4.79 Å². The molecule has 1 amide bonds. The third kappa shape index (κ3) is 4.22. The topological polar surface area (TPSA) is 46.3 Å². The predicted octanol–water partition coefficient (Wildman–Crippen LogP) is 3.21. The number of benzene rings is 1. The van der Waals surface area contributed by atoms with E-state index in [-0.39, 0.29) is 5.91 Å². The van der Waals surface area contributed by atoms with Crippen LogP contribution in [0.2, 0.25) is 5.02 Å². The maximum atomic E-state index is 12.5. The maximum Gasteiger partial charge on any atom is 0.223 e. The number of hydrogen-bond acceptors (Lipinski definition) is 2. The van der Waals surface area contributed by atoms with Gasteiger partial charge in [0.2, 0.25) is 5.91 Å². The van der Waals surface area contributed by atoms with E-state index < -0.39 is 0 Å². The normalized spacial score (nSPS) is 15.9. The molecule has 0 aromatic heterocycles. The molecule has 1 aromatic rings. The van der Waals surface area contributed by atoms with Gasteiger partial charge < -0.3 is 10.6 Å². The monoisotopic (exact) mass is 294 g/mol. The molecular formula is C16H23ClN2O. The van der Waals surface area contributed by atoms with Crippen molar-refractivity contribution in [3.63, 3.8) is 0 Å². The Balaban J connectivity index is 1.99. The Morgan fingerprint density at radius 3 is 2.55 bits per heavy atom. The van der Waals surface area contributed by atoms with Gasteiger partial charge >= 0.3 is 0 Å². The van der Waals surface area contributed by atoms with E-state index in [4.69, 9.17) is 17.3 Å². The number of amides is 1. The summed E-state index contributed by atoms with van der Waals surface area (Å²) in [5.41, 5.74) is 6.84. The van der Waals surface area contributed by atoms with Crippen LogP contribution in [-0.4, -0.2) is 23.4 Å². The van der Waals surface area contributed by atoms with Crippen LogP contribution in [0.25, 0.3) is 0 Å². The second-order valence-corrected chi connectivity index (χ2v) is 6.03. The van der Waals surface area contributed by atoms with Crippen molar-refractivity contribution in [2.45, 2.75) is 45.2 Å². The minimum Gasteiger partial charge on any atom is -0.335 e. The van der Waals surface area contributed by atoms with E-state index in [1.807, 2.05) is 29.2 Å². The van der Waals surface area contributed by atoms with Crippen molar-refractivity contribution in [1.82, 2.24) is 4.90 Å². The summed E-state index contributed by atoms with van der Waals surface area (Å²) >= 11 is 5.90. The van der Waals surface area contributed by atoms with Gasteiger partial charge in [-0.05, 0) is 43.0 Å². The summed E-state index contributed by atoms with van der Waals surface area (Å²) in [6.45, 7) is 3.36. The average molecular weight is 295 g/mol. The molecule has 3 nitrogen and oxygen atoms in total. The smallest absolute Gasteiger partial charge is 0.223 e. The first kappa shape index (κ1) is 15.3. The number of rotatable bonds is 7. The van der Waals surface area contributed by atoms with Gasteiger partial charge in [0.1, 0.15) is 0 Å². The number of carbonyl (C=O) groups is 1. The molecular weight excluding hydrogens is 272 g/mol. The Morgan fingerprint density at radius 1 is 1.40 bits per heavy atom. The summed E-state index contributed by atoms with van der Waals surface area (Å²) < 4.78 is 0. The molecule has 0 saturated heterocycles. The van der Waals surface area contributed by atoms with Crippen LogP contribution in [0.4, 0.5) is 0 Å². The fourth-order valence-corrected chi connectivity index (χ4v) is 2.48. The second kappa shape index (κ2) is 7.09. The molecule has 0 spiro atoms. The van der Waals surface area contributed by atoms with Gasteiger partial charge in [-0.3, -0.25) is 4.79 Å². The van der Waals surface area contributed by atoms with Crippen molar-refractivity contribution in [1.29, 1.82) is 0 Å². The summed E-state index contributed by atoms with van der Waals surface area (Å²) in [6.07, 6.45) is 3.77. The van der Waals surface area contributed by atoms with Crippen molar-refractivity contribution < 1.29 is 4.79 Å². The Hall–Kier alpha value is -1.06. The lowest BCUT2D eigenvalue weighted by molar-refractivity contribution is -0.133. The molecule has 1 unspecified atom stereocenters. The van der Waals surface area contributed by atoms with Gasteiger partial charge in [-0.1, -0.05) is 37.1 Å². The highest BCUT2D eigenvalue weighted by atomic mass is 35.5. The summed E-state index contributed by atoms with van der Waals surface area (Å²) in [5.74, 6) is 0.536.